The Morgan fingerprint density at radius 1 is 1.19 bits per heavy atom. The van der Waals surface area contributed by atoms with Crippen molar-refractivity contribution < 1.29 is 24.2 Å². The van der Waals surface area contributed by atoms with Gasteiger partial charge in [0, 0.05) is 4.47 Å². The Hall–Kier alpha value is -3.82. The molecule has 0 fully saturated rings. The fourth-order valence-electron chi connectivity index (χ4n) is 3.72. The Balaban J connectivity index is 1.76. The quantitative estimate of drug-likeness (QED) is 0.213. The summed E-state index contributed by atoms with van der Waals surface area (Å²) in [5, 5.41) is 11.0. The van der Waals surface area contributed by atoms with Crippen molar-refractivity contribution in [2.24, 2.45) is 0 Å². The molecular formula is C27H21BrN2O5S. The highest BCUT2D eigenvalue weighted by molar-refractivity contribution is 9.10. The number of amides is 1. The average molecular weight is 565 g/mol. The predicted molar refractivity (Wildman–Crippen MR) is 142 cm³/mol. The first-order valence-electron chi connectivity index (χ1n) is 10.9. The molecule has 36 heavy (non-hydrogen) atoms. The number of benzene rings is 2. The summed E-state index contributed by atoms with van der Waals surface area (Å²) >= 11 is 4.35. The van der Waals surface area contributed by atoms with Crippen LogP contribution in [0.1, 0.15) is 32.5 Å². The molecule has 1 aliphatic heterocycles. The normalized spacial score (nSPS) is 15.6. The molecule has 0 saturated carbocycles. The van der Waals surface area contributed by atoms with Crippen molar-refractivity contribution in [1.82, 2.24) is 4.98 Å². The number of rotatable bonds is 8. The Bertz CT molecular complexity index is 1390. The topological polar surface area (TPSA) is 96.8 Å². The molecule has 1 aliphatic rings. The second kappa shape index (κ2) is 10.8. The molecule has 0 bridgehead atoms. The summed E-state index contributed by atoms with van der Waals surface area (Å²) in [4.78, 5) is 44.9. The molecule has 0 aliphatic carbocycles. The zero-order valence-electron chi connectivity index (χ0n) is 19.2. The summed E-state index contributed by atoms with van der Waals surface area (Å²) in [6.45, 7) is 5.19. The molecule has 4 rings (SSSR count). The first-order valence-corrected chi connectivity index (χ1v) is 12.5. The van der Waals surface area contributed by atoms with Crippen LogP contribution in [0.2, 0.25) is 0 Å². The van der Waals surface area contributed by atoms with E-state index in [1.165, 1.54) is 17.1 Å². The van der Waals surface area contributed by atoms with E-state index < -0.39 is 29.5 Å². The molecule has 7 nitrogen and oxygen atoms in total. The molecule has 1 amide bonds. The van der Waals surface area contributed by atoms with Crippen molar-refractivity contribution in [2.75, 3.05) is 11.5 Å². The molecule has 1 unspecified atom stereocenters. The second-order valence-corrected chi connectivity index (χ2v) is 9.69. The zero-order valence-corrected chi connectivity index (χ0v) is 21.6. The van der Waals surface area contributed by atoms with E-state index >= 15 is 0 Å². The molecule has 1 N–H and O–H groups in total. The van der Waals surface area contributed by atoms with E-state index in [1.807, 2.05) is 30.3 Å². The molecule has 182 valence electrons. The van der Waals surface area contributed by atoms with Crippen molar-refractivity contribution in [3.63, 3.8) is 0 Å². The Labute approximate surface area is 220 Å². The van der Waals surface area contributed by atoms with Gasteiger partial charge in [-0.15, -0.1) is 0 Å². The molecule has 1 aromatic heterocycles. The second-order valence-electron chi connectivity index (χ2n) is 7.80. The number of ketones is 1. The monoisotopic (exact) mass is 564 g/mol. The fourth-order valence-corrected chi connectivity index (χ4v) is 4.97. The zero-order chi connectivity index (χ0) is 25.8. The summed E-state index contributed by atoms with van der Waals surface area (Å²) in [6, 6.07) is 15.3. The van der Waals surface area contributed by atoms with Gasteiger partial charge in [-0.25, -0.2) is 9.78 Å². The van der Waals surface area contributed by atoms with Crippen LogP contribution < -0.4 is 4.90 Å². The van der Waals surface area contributed by atoms with E-state index in [2.05, 4.69) is 27.5 Å². The van der Waals surface area contributed by atoms with Gasteiger partial charge in [0.1, 0.15) is 11.5 Å². The van der Waals surface area contributed by atoms with Gasteiger partial charge in [-0.3, -0.25) is 14.5 Å². The van der Waals surface area contributed by atoms with Crippen molar-refractivity contribution in [3.8, 4) is 0 Å². The van der Waals surface area contributed by atoms with Crippen LogP contribution in [0.5, 0.6) is 0 Å². The smallest absolute Gasteiger partial charge is 0.350 e. The molecule has 9 heteroatoms. The van der Waals surface area contributed by atoms with Crippen molar-refractivity contribution in [2.45, 2.75) is 13.0 Å². The number of aliphatic hydroxyl groups is 1. The van der Waals surface area contributed by atoms with E-state index in [0.29, 0.717) is 11.3 Å². The third kappa shape index (κ3) is 5.07. The average Bonchev–Trinajstić information content (AvgIpc) is 3.39. The maximum absolute atomic E-state index is 13.3. The summed E-state index contributed by atoms with van der Waals surface area (Å²) in [6.07, 6.45) is 4.40. The number of hydrogen-bond acceptors (Lipinski definition) is 7. The van der Waals surface area contributed by atoms with Crippen molar-refractivity contribution in [1.29, 1.82) is 0 Å². The number of aliphatic hydroxyl groups excluding tert-OH is 1. The SMILES string of the molecule is C=CCOC(=O)c1sc(N2C(=O)C(O)=C(C(=O)C=Cc3ccccc3)C2c2ccc(Br)cc2)nc1C. The van der Waals surface area contributed by atoms with Crippen LogP contribution in [0.15, 0.2) is 89.1 Å². The third-order valence-corrected chi connectivity index (χ3v) is 7.06. The maximum atomic E-state index is 13.3. The van der Waals surface area contributed by atoms with Gasteiger partial charge in [0.25, 0.3) is 5.91 Å². The number of carbonyl (C=O) groups excluding carboxylic acids is 3. The molecular weight excluding hydrogens is 544 g/mol. The number of thiazole rings is 1. The minimum Gasteiger partial charge on any atom is -0.503 e. The molecule has 0 radical (unpaired) electrons. The van der Waals surface area contributed by atoms with Crippen LogP contribution in [0.4, 0.5) is 5.13 Å². The van der Waals surface area contributed by atoms with Crippen LogP contribution in [-0.2, 0) is 14.3 Å². The van der Waals surface area contributed by atoms with Crippen LogP contribution >= 0.6 is 27.3 Å². The lowest BCUT2D eigenvalue weighted by atomic mass is 9.96. The number of ether oxygens (including phenoxy) is 1. The summed E-state index contributed by atoms with van der Waals surface area (Å²) < 4.78 is 5.93. The number of allylic oxidation sites excluding steroid dienone is 1. The summed E-state index contributed by atoms with van der Waals surface area (Å²) in [7, 11) is 0. The van der Waals surface area contributed by atoms with Gasteiger partial charge in [0.15, 0.2) is 16.7 Å². The van der Waals surface area contributed by atoms with Gasteiger partial charge < -0.3 is 9.84 Å². The maximum Gasteiger partial charge on any atom is 0.350 e. The van der Waals surface area contributed by atoms with Crippen LogP contribution in [0.25, 0.3) is 6.08 Å². The van der Waals surface area contributed by atoms with Gasteiger partial charge in [0.05, 0.1) is 17.3 Å². The van der Waals surface area contributed by atoms with Gasteiger partial charge in [0.2, 0.25) is 0 Å². The first-order chi connectivity index (χ1) is 17.3. The number of esters is 1. The Morgan fingerprint density at radius 2 is 1.89 bits per heavy atom. The van der Waals surface area contributed by atoms with Gasteiger partial charge in [-0.2, -0.15) is 0 Å². The molecule has 2 heterocycles. The Morgan fingerprint density at radius 3 is 2.56 bits per heavy atom. The highest BCUT2D eigenvalue weighted by Crippen LogP contribution is 2.43. The van der Waals surface area contributed by atoms with E-state index in [0.717, 1.165) is 21.4 Å². The van der Waals surface area contributed by atoms with Gasteiger partial charge in [-0.05, 0) is 36.3 Å². The van der Waals surface area contributed by atoms with E-state index in [4.69, 9.17) is 4.74 Å². The number of anilines is 1. The standard InChI is InChI=1S/C27H21BrN2O5S/c1-3-15-35-26(34)24-16(2)29-27(36-24)30-22(18-10-12-19(28)13-11-18)21(23(32)25(30)33)20(31)14-9-17-7-5-4-6-8-17/h3-14,22,32H,1,15H2,2H3. The lowest BCUT2D eigenvalue weighted by Gasteiger charge is -2.24. The Kier molecular flexibility index (Phi) is 7.61. The van der Waals surface area contributed by atoms with Crippen LogP contribution in [0, 0.1) is 6.92 Å². The summed E-state index contributed by atoms with van der Waals surface area (Å²) in [5.41, 5.74) is 1.69. The van der Waals surface area contributed by atoms with Crippen molar-refractivity contribution >= 4 is 56.1 Å². The van der Waals surface area contributed by atoms with E-state index in [1.54, 1.807) is 37.3 Å². The number of nitrogens with zero attached hydrogens (tertiary/aromatic N) is 2. The number of halogens is 1. The molecule has 0 saturated heterocycles. The lowest BCUT2D eigenvalue weighted by Crippen LogP contribution is -2.30. The summed E-state index contributed by atoms with van der Waals surface area (Å²) in [5.74, 6) is -2.55. The van der Waals surface area contributed by atoms with Crippen LogP contribution in [-0.4, -0.2) is 34.4 Å². The predicted octanol–water partition coefficient (Wildman–Crippen LogP) is 5.74. The number of carbonyl (C=O) groups is 3. The molecule has 3 aromatic rings. The molecule has 2 aromatic carbocycles. The van der Waals surface area contributed by atoms with E-state index in [9.17, 15) is 19.5 Å². The minimum atomic E-state index is -0.943. The van der Waals surface area contributed by atoms with Crippen LogP contribution in [0.3, 0.4) is 0 Å². The van der Waals surface area contributed by atoms with E-state index in [-0.39, 0.29) is 22.2 Å². The highest BCUT2D eigenvalue weighted by Gasteiger charge is 2.45. The molecule has 1 atom stereocenters. The number of aryl methyl sites for hydroxylation is 1. The number of aromatic nitrogens is 1. The van der Waals surface area contributed by atoms with Gasteiger partial charge >= 0.3 is 5.97 Å². The lowest BCUT2D eigenvalue weighted by molar-refractivity contribution is -0.117. The van der Waals surface area contributed by atoms with Gasteiger partial charge in [-0.1, -0.05) is 88.5 Å². The largest absolute Gasteiger partial charge is 0.503 e. The minimum absolute atomic E-state index is 0.0322. The highest BCUT2D eigenvalue weighted by atomic mass is 79.9. The number of hydrogen-bond donors (Lipinski definition) is 1. The fraction of sp³-hybridized carbons (Fsp3) is 0.111. The molecule has 0 spiro atoms. The van der Waals surface area contributed by atoms with Crippen molar-refractivity contribution in [3.05, 3.63) is 111 Å². The first kappa shape index (κ1) is 25.3. The third-order valence-electron chi connectivity index (χ3n) is 5.40.